The number of hydrogen-bond donors (Lipinski definition) is 1. The zero-order valence-corrected chi connectivity index (χ0v) is 10.5. The van der Waals surface area contributed by atoms with Crippen molar-refractivity contribution in [3.63, 3.8) is 0 Å². The van der Waals surface area contributed by atoms with E-state index >= 15 is 0 Å². The second-order valence-corrected chi connectivity index (χ2v) is 4.29. The van der Waals surface area contributed by atoms with Crippen molar-refractivity contribution in [3.05, 3.63) is 29.1 Å². The van der Waals surface area contributed by atoms with Gasteiger partial charge in [-0.25, -0.2) is 4.98 Å². The molecule has 0 aliphatic carbocycles. The number of nitrogens with one attached hydrogen (secondary N) is 1. The maximum Gasteiger partial charge on any atom is 0.123 e. The van der Waals surface area contributed by atoms with Crippen molar-refractivity contribution in [2.24, 2.45) is 7.05 Å². The van der Waals surface area contributed by atoms with E-state index in [1.54, 1.807) is 0 Å². The van der Waals surface area contributed by atoms with Gasteiger partial charge < -0.3 is 9.88 Å². The van der Waals surface area contributed by atoms with Gasteiger partial charge in [-0.15, -0.1) is 0 Å². The van der Waals surface area contributed by atoms with Crippen LogP contribution in [0.15, 0.2) is 12.1 Å². The summed E-state index contributed by atoms with van der Waals surface area (Å²) < 4.78 is 2.17. The summed E-state index contributed by atoms with van der Waals surface area (Å²) in [6, 6.07) is 4.38. The van der Waals surface area contributed by atoms with E-state index in [1.807, 2.05) is 0 Å². The van der Waals surface area contributed by atoms with Crippen molar-refractivity contribution >= 4 is 11.0 Å². The van der Waals surface area contributed by atoms with Crippen molar-refractivity contribution in [2.75, 3.05) is 6.54 Å². The molecule has 3 heteroatoms. The highest BCUT2D eigenvalue weighted by Crippen LogP contribution is 2.19. The summed E-state index contributed by atoms with van der Waals surface area (Å²) >= 11 is 0. The number of imidazole rings is 1. The number of benzene rings is 1. The minimum atomic E-state index is 0.833. The molecule has 2 rings (SSSR count). The van der Waals surface area contributed by atoms with Gasteiger partial charge in [0.05, 0.1) is 17.6 Å². The van der Waals surface area contributed by atoms with E-state index in [0.717, 1.165) is 24.4 Å². The Hall–Kier alpha value is -1.35. The molecule has 0 amide bonds. The van der Waals surface area contributed by atoms with Crippen LogP contribution in [-0.4, -0.2) is 16.1 Å². The lowest BCUT2D eigenvalue weighted by Crippen LogP contribution is -2.15. The van der Waals surface area contributed by atoms with Crippen LogP contribution in [0.2, 0.25) is 0 Å². The lowest BCUT2D eigenvalue weighted by atomic mass is 10.1. The maximum atomic E-state index is 4.65. The van der Waals surface area contributed by atoms with Gasteiger partial charge in [-0.05, 0) is 43.7 Å². The zero-order chi connectivity index (χ0) is 11.7. The molecule has 0 saturated carbocycles. The summed E-state index contributed by atoms with van der Waals surface area (Å²) in [7, 11) is 2.08. The highest BCUT2D eigenvalue weighted by molar-refractivity contribution is 5.78. The number of rotatable bonds is 3. The third-order valence-corrected chi connectivity index (χ3v) is 3.12. The monoisotopic (exact) mass is 217 g/mol. The van der Waals surface area contributed by atoms with Crippen molar-refractivity contribution in [3.8, 4) is 0 Å². The Morgan fingerprint density at radius 1 is 1.25 bits per heavy atom. The highest BCUT2D eigenvalue weighted by atomic mass is 15.1. The topological polar surface area (TPSA) is 29.9 Å². The number of hydrogen-bond acceptors (Lipinski definition) is 2. The van der Waals surface area contributed by atoms with Gasteiger partial charge >= 0.3 is 0 Å². The molecule has 0 aliphatic rings. The van der Waals surface area contributed by atoms with Gasteiger partial charge in [-0.2, -0.15) is 0 Å². The smallest absolute Gasteiger partial charge is 0.123 e. The standard InChI is InChI=1S/C13H19N3/c1-5-14-8-13-15-11-6-9(2)10(3)7-12(11)16(13)4/h6-7,14H,5,8H2,1-4H3. The zero-order valence-electron chi connectivity index (χ0n) is 10.5. The largest absolute Gasteiger partial charge is 0.330 e. The molecule has 0 atom stereocenters. The van der Waals surface area contributed by atoms with Crippen LogP contribution in [0.4, 0.5) is 0 Å². The van der Waals surface area contributed by atoms with E-state index in [-0.39, 0.29) is 0 Å². The number of aromatic nitrogens is 2. The highest BCUT2D eigenvalue weighted by Gasteiger charge is 2.08. The molecule has 1 heterocycles. The summed E-state index contributed by atoms with van der Waals surface area (Å²) in [5, 5.41) is 3.31. The summed E-state index contributed by atoms with van der Waals surface area (Å²) in [5.74, 6) is 1.10. The van der Waals surface area contributed by atoms with Crippen LogP contribution in [0.1, 0.15) is 23.9 Å². The minimum Gasteiger partial charge on any atom is -0.330 e. The van der Waals surface area contributed by atoms with E-state index in [2.05, 4.69) is 54.8 Å². The Bertz CT molecular complexity index is 511. The van der Waals surface area contributed by atoms with Crippen LogP contribution in [0, 0.1) is 13.8 Å². The van der Waals surface area contributed by atoms with Gasteiger partial charge in [-0.3, -0.25) is 0 Å². The molecular weight excluding hydrogens is 198 g/mol. The average molecular weight is 217 g/mol. The fraction of sp³-hybridized carbons (Fsp3) is 0.462. The lowest BCUT2D eigenvalue weighted by Gasteiger charge is -2.03. The first-order valence-electron chi connectivity index (χ1n) is 5.76. The van der Waals surface area contributed by atoms with Gasteiger partial charge in [0.15, 0.2) is 0 Å². The molecule has 1 aromatic carbocycles. The van der Waals surface area contributed by atoms with Crippen LogP contribution in [0.5, 0.6) is 0 Å². The molecular formula is C13H19N3. The van der Waals surface area contributed by atoms with Crippen LogP contribution in [-0.2, 0) is 13.6 Å². The molecule has 0 unspecified atom stereocenters. The summed E-state index contributed by atoms with van der Waals surface area (Å²) in [6.07, 6.45) is 0. The van der Waals surface area contributed by atoms with Crippen LogP contribution < -0.4 is 5.32 Å². The molecule has 0 spiro atoms. The lowest BCUT2D eigenvalue weighted by molar-refractivity contribution is 0.667. The second kappa shape index (κ2) is 4.26. The summed E-state index contributed by atoms with van der Waals surface area (Å²) in [5.41, 5.74) is 4.95. The number of aryl methyl sites for hydroxylation is 3. The Morgan fingerprint density at radius 3 is 2.62 bits per heavy atom. The first-order valence-corrected chi connectivity index (χ1v) is 5.76. The predicted molar refractivity (Wildman–Crippen MR) is 67.6 cm³/mol. The Kier molecular flexibility index (Phi) is 2.97. The molecule has 1 aromatic heterocycles. The fourth-order valence-corrected chi connectivity index (χ4v) is 1.89. The summed E-state index contributed by atoms with van der Waals surface area (Å²) in [4.78, 5) is 4.65. The molecule has 16 heavy (non-hydrogen) atoms. The van der Waals surface area contributed by atoms with Gasteiger partial charge in [0.25, 0.3) is 0 Å². The fourth-order valence-electron chi connectivity index (χ4n) is 1.89. The molecule has 0 fully saturated rings. The molecule has 3 nitrogen and oxygen atoms in total. The predicted octanol–water partition coefficient (Wildman–Crippen LogP) is 2.30. The first-order chi connectivity index (χ1) is 7.63. The van der Waals surface area contributed by atoms with Crippen molar-refractivity contribution in [1.29, 1.82) is 0 Å². The van der Waals surface area contributed by atoms with Crippen LogP contribution >= 0.6 is 0 Å². The normalized spacial score (nSPS) is 11.2. The van der Waals surface area contributed by atoms with E-state index in [9.17, 15) is 0 Å². The van der Waals surface area contributed by atoms with E-state index in [4.69, 9.17) is 0 Å². The molecule has 1 N–H and O–H groups in total. The molecule has 0 saturated heterocycles. The van der Waals surface area contributed by atoms with Gasteiger partial charge in [0, 0.05) is 7.05 Å². The molecule has 86 valence electrons. The van der Waals surface area contributed by atoms with E-state index < -0.39 is 0 Å². The number of nitrogens with zero attached hydrogens (tertiary/aromatic N) is 2. The van der Waals surface area contributed by atoms with Crippen LogP contribution in [0.3, 0.4) is 0 Å². The molecule has 0 aliphatic heterocycles. The van der Waals surface area contributed by atoms with Gasteiger partial charge in [0.1, 0.15) is 5.82 Å². The van der Waals surface area contributed by atoms with Crippen molar-refractivity contribution < 1.29 is 0 Å². The van der Waals surface area contributed by atoms with Gasteiger partial charge in [0.2, 0.25) is 0 Å². The summed E-state index contributed by atoms with van der Waals surface area (Å²) in [6.45, 7) is 8.19. The molecule has 2 aromatic rings. The average Bonchev–Trinajstić information content (AvgIpc) is 2.54. The van der Waals surface area contributed by atoms with Crippen molar-refractivity contribution in [1.82, 2.24) is 14.9 Å². The maximum absolute atomic E-state index is 4.65. The van der Waals surface area contributed by atoms with E-state index in [1.165, 1.54) is 16.6 Å². The van der Waals surface area contributed by atoms with Gasteiger partial charge in [-0.1, -0.05) is 6.92 Å². The van der Waals surface area contributed by atoms with Crippen LogP contribution in [0.25, 0.3) is 11.0 Å². The Morgan fingerprint density at radius 2 is 1.94 bits per heavy atom. The second-order valence-electron chi connectivity index (χ2n) is 4.29. The molecule has 0 radical (unpaired) electrons. The molecule has 0 bridgehead atoms. The van der Waals surface area contributed by atoms with E-state index in [0.29, 0.717) is 0 Å². The number of fused-ring (bicyclic) bond motifs is 1. The SMILES string of the molecule is CCNCc1nc2cc(C)c(C)cc2n1C. The third kappa shape index (κ3) is 1.83. The minimum absolute atomic E-state index is 0.833. The quantitative estimate of drug-likeness (QED) is 0.855. The Labute approximate surface area is 96.5 Å². The first kappa shape index (κ1) is 11.1. The Balaban J connectivity index is 2.50. The third-order valence-electron chi connectivity index (χ3n) is 3.12. The van der Waals surface area contributed by atoms with Crippen molar-refractivity contribution in [2.45, 2.75) is 27.3 Å².